The molecule has 0 aromatic rings. The monoisotopic (exact) mass is 460 g/mol. The van der Waals surface area contributed by atoms with E-state index in [9.17, 15) is 0 Å². The minimum Gasteiger partial charge on any atom is -0.0623 e. The van der Waals surface area contributed by atoms with Gasteiger partial charge in [-0.25, -0.2) is 0 Å². The summed E-state index contributed by atoms with van der Waals surface area (Å²) >= 11 is 0. The topological polar surface area (TPSA) is 0 Å². The zero-order chi connectivity index (χ0) is 11.3. The molecular weight excluding hydrogens is 443 g/mol. The second-order valence-electron chi connectivity index (χ2n) is 3.08. The first-order chi connectivity index (χ1) is 8.00. The predicted molar refractivity (Wildman–Crippen MR) is 84.6 cm³/mol. The van der Waals surface area contributed by atoms with Gasteiger partial charge in [-0.15, -0.1) is 0 Å². The smallest absolute Gasteiger partial charge is 0 e. The minimum atomic E-state index is 0. The van der Waals surface area contributed by atoms with Crippen molar-refractivity contribution < 1.29 is 46.9 Å². The minimum absolute atomic E-state index is 0. The molecule has 0 amide bonds. The average Bonchev–Trinajstić information content (AvgIpc) is 2.15. The Labute approximate surface area is 240 Å². The second kappa shape index (κ2) is 23.0. The molecule has 2 rings (SSSR count). The van der Waals surface area contributed by atoms with E-state index in [2.05, 4.69) is 0 Å². The van der Waals surface area contributed by atoms with Gasteiger partial charge >= 0.3 is 0 Å². The molecule has 96 valence electrons. The van der Waals surface area contributed by atoms with Crippen LogP contribution in [0.5, 0.6) is 0 Å². The van der Waals surface area contributed by atoms with Gasteiger partial charge in [0, 0.05) is 150 Å². The van der Waals surface area contributed by atoms with Crippen LogP contribution >= 0.6 is 0 Å². The summed E-state index contributed by atoms with van der Waals surface area (Å²) in [4.78, 5) is 0. The van der Waals surface area contributed by atoms with Crippen molar-refractivity contribution in [2.75, 3.05) is 0 Å². The van der Waals surface area contributed by atoms with E-state index in [0.29, 0.717) is 0 Å². The van der Waals surface area contributed by atoms with Crippen LogP contribution in [-0.2, 0) is 0 Å². The van der Waals surface area contributed by atoms with Crippen LogP contribution in [0.15, 0.2) is 97.2 Å². The van der Waals surface area contributed by atoms with Gasteiger partial charge in [0.25, 0.3) is 0 Å². The molecule has 0 aromatic heterocycles. The van der Waals surface area contributed by atoms with Gasteiger partial charge < -0.3 is 0 Å². The molecule has 0 aliphatic heterocycles. The van der Waals surface area contributed by atoms with Crippen LogP contribution < -0.4 is 0 Å². The third kappa shape index (κ3) is 20.7. The molecule has 0 nitrogen and oxygen atoms in total. The summed E-state index contributed by atoms with van der Waals surface area (Å²) in [6.45, 7) is 0. The van der Waals surface area contributed by atoms with Gasteiger partial charge in [0.1, 0.15) is 0 Å². The fraction of sp³-hybridized carbons (Fsp3) is 0. The summed E-state index contributed by atoms with van der Waals surface area (Å²) < 4.78 is 0. The van der Waals surface area contributed by atoms with Crippen LogP contribution in [0.4, 0.5) is 0 Å². The fourth-order valence-corrected chi connectivity index (χ4v) is 1.03. The normalized spacial score (nSPS) is 26.9. The molecule has 0 aromatic carbocycles. The Morgan fingerprint density at radius 3 is 0.316 bits per heavy atom. The number of rotatable bonds is 0. The maximum absolute atomic E-state index is 2.00. The average molecular weight is 460 g/mol. The van der Waals surface area contributed by atoms with Crippen molar-refractivity contribution in [2.45, 2.75) is 0 Å². The van der Waals surface area contributed by atoms with Crippen LogP contribution in [0.3, 0.4) is 0 Å². The van der Waals surface area contributed by atoms with Crippen molar-refractivity contribution in [1.29, 1.82) is 0 Å². The molecule has 2 aliphatic rings. The first kappa shape index (κ1) is 26.6. The van der Waals surface area contributed by atoms with Crippen LogP contribution in [0, 0.1) is 46.9 Å². The first-order valence-electron chi connectivity index (χ1n) is 5.33. The summed E-state index contributed by atoms with van der Waals surface area (Å²) in [7, 11) is 0. The van der Waals surface area contributed by atoms with Crippen molar-refractivity contribution in [3.8, 4) is 0 Å². The Kier molecular flexibility index (Phi) is 32.2. The molecule has 0 fully saturated rings. The van der Waals surface area contributed by atoms with Gasteiger partial charge in [-0.1, -0.05) is 97.2 Å². The van der Waals surface area contributed by atoms with E-state index in [1.807, 2.05) is 97.2 Å². The Morgan fingerprint density at radius 2 is 0.263 bits per heavy atom. The van der Waals surface area contributed by atoms with Crippen LogP contribution in [0.25, 0.3) is 0 Å². The van der Waals surface area contributed by atoms with E-state index in [1.165, 1.54) is 0 Å². The van der Waals surface area contributed by atoms with Crippen molar-refractivity contribution in [2.24, 2.45) is 0 Å². The molecule has 0 saturated heterocycles. The van der Waals surface area contributed by atoms with Crippen LogP contribution in [0.1, 0.15) is 0 Å². The van der Waals surface area contributed by atoms with E-state index in [1.54, 1.807) is 0 Å². The van der Waals surface area contributed by atoms with E-state index >= 15 is 0 Å². The molecule has 0 atom stereocenters. The Morgan fingerprint density at radius 1 is 0.211 bits per heavy atom. The summed E-state index contributed by atoms with van der Waals surface area (Å²) in [6.07, 6.45) is 32.0. The van der Waals surface area contributed by atoms with Crippen LogP contribution in [0.2, 0.25) is 0 Å². The molecule has 3 heteroatoms. The zero-order valence-corrected chi connectivity index (χ0v) is 19.5. The van der Waals surface area contributed by atoms with Gasteiger partial charge in [0.2, 0.25) is 0 Å². The zero-order valence-electron chi connectivity index (χ0n) is 11.5. The molecule has 19 heavy (non-hydrogen) atoms. The Bertz CT molecular complexity index is 256. The molecule has 0 unspecified atom stereocenters. The summed E-state index contributed by atoms with van der Waals surface area (Å²) in [5.41, 5.74) is 0. The summed E-state index contributed by atoms with van der Waals surface area (Å²) in [5, 5.41) is 0. The van der Waals surface area contributed by atoms with Crippen molar-refractivity contribution in [3.05, 3.63) is 97.2 Å². The molecule has 0 spiro atoms. The number of allylic oxidation sites excluding steroid dienone is 16. The SMILES string of the molecule is C1=C\C=C/C=C\C=C/1.C1=C\C=C/C=C\C=C/1.[K].[K].[Yb]. The Balaban J connectivity index is -0.000000233. The molecule has 0 bridgehead atoms. The quantitative estimate of drug-likeness (QED) is 0.485. The van der Waals surface area contributed by atoms with Gasteiger partial charge in [0.15, 0.2) is 0 Å². The first-order valence-corrected chi connectivity index (χ1v) is 5.33. The van der Waals surface area contributed by atoms with E-state index in [-0.39, 0.29) is 150 Å². The third-order valence-corrected chi connectivity index (χ3v) is 1.78. The third-order valence-electron chi connectivity index (χ3n) is 1.78. The molecule has 2 radical (unpaired) electrons. The largest absolute Gasteiger partial charge is 0.0623 e. The molecule has 2 aliphatic carbocycles. The number of hydrogen-bond acceptors (Lipinski definition) is 0. The molecule has 0 N–H and O–H groups in total. The maximum atomic E-state index is 2.00. The second-order valence-corrected chi connectivity index (χ2v) is 3.08. The Hall–Kier alpha value is 2.71. The molecule has 0 saturated carbocycles. The van der Waals surface area contributed by atoms with Crippen molar-refractivity contribution in [3.63, 3.8) is 0 Å². The van der Waals surface area contributed by atoms with Gasteiger partial charge in [0.05, 0.1) is 0 Å². The van der Waals surface area contributed by atoms with Crippen molar-refractivity contribution in [1.82, 2.24) is 0 Å². The maximum Gasteiger partial charge on any atom is 0 e. The summed E-state index contributed by atoms with van der Waals surface area (Å²) in [5.74, 6) is 0. The van der Waals surface area contributed by atoms with Gasteiger partial charge in [-0.05, 0) is 0 Å². The predicted octanol–water partition coefficient (Wildman–Crippen LogP) is 3.69. The van der Waals surface area contributed by atoms with E-state index < -0.39 is 0 Å². The van der Waals surface area contributed by atoms with Crippen molar-refractivity contribution >= 4 is 103 Å². The van der Waals surface area contributed by atoms with E-state index in [0.717, 1.165) is 0 Å². The molecular formula is C16H16K2Yb. The molecule has 0 heterocycles. The number of hydrogen-bond donors (Lipinski definition) is 0. The van der Waals surface area contributed by atoms with Gasteiger partial charge in [-0.2, -0.15) is 0 Å². The van der Waals surface area contributed by atoms with E-state index in [4.69, 9.17) is 0 Å². The fourth-order valence-electron chi connectivity index (χ4n) is 1.03. The standard InChI is InChI=1S/2C8H8.2K.Yb/c2*1-2-4-6-8-7-5-3-1;;;/h2*1-8H;;;/b2*2-1-,3-1?,4-2?,5-3-,6-4-,7-5?,8-6?,8-7-;;;. The summed E-state index contributed by atoms with van der Waals surface area (Å²) in [6, 6.07) is 0. The van der Waals surface area contributed by atoms with Gasteiger partial charge in [-0.3, -0.25) is 0 Å². The van der Waals surface area contributed by atoms with Crippen LogP contribution in [-0.4, -0.2) is 103 Å².